The van der Waals surface area contributed by atoms with Crippen LogP contribution in [-0.2, 0) is 9.59 Å². The van der Waals surface area contributed by atoms with Crippen molar-refractivity contribution in [1.82, 2.24) is 10.6 Å². The predicted molar refractivity (Wildman–Crippen MR) is 87.6 cm³/mol. The Balaban J connectivity index is 3.01. The molecule has 1 saturated carbocycles. The van der Waals surface area contributed by atoms with Crippen molar-refractivity contribution in [2.45, 2.75) is 76.2 Å². The lowest BCUT2D eigenvalue weighted by Gasteiger charge is -2.47. The Morgan fingerprint density at radius 1 is 0.758 bits per heavy atom. The highest BCUT2D eigenvalue weighted by molar-refractivity contribution is 5.85. The average molecular weight is 512 g/mol. The monoisotopic (exact) mass is 512 g/mol. The van der Waals surface area contributed by atoms with Gasteiger partial charge in [-0.3, -0.25) is 9.59 Å². The van der Waals surface area contributed by atoms with Crippen LogP contribution >= 0.6 is 0 Å². The van der Waals surface area contributed by atoms with Crippen LogP contribution in [0.2, 0.25) is 0 Å². The molecule has 33 heavy (non-hydrogen) atoms. The van der Waals surface area contributed by atoms with Gasteiger partial charge in [0.25, 0.3) is 5.91 Å². The maximum atomic E-state index is 13.5. The normalized spacial score (nSPS) is 24.9. The smallest absolute Gasteiger partial charge is 0.350 e. The first-order valence-electron chi connectivity index (χ1n) is 9.15. The minimum Gasteiger partial charge on any atom is -0.350 e. The standard InChI is InChI=1S/C17H20F12N2O2/c1-11(2)4-8(31-10(33)14(20,21)16(24,25)26)5-12(3,6-11)7-30-9(32)13(18,19)15(22,23)17(27,28)29/h8H,4-7H2,1-3H3,(H,30,32)(H,31,33). The highest BCUT2D eigenvalue weighted by atomic mass is 19.4. The fourth-order valence-corrected chi connectivity index (χ4v) is 4.00. The topological polar surface area (TPSA) is 58.2 Å². The molecule has 0 radical (unpaired) electrons. The van der Waals surface area contributed by atoms with E-state index >= 15 is 0 Å². The van der Waals surface area contributed by atoms with Crippen molar-refractivity contribution in [1.29, 1.82) is 0 Å². The minimum absolute atomic E-state index is 0.0381. The molecule has 0 aliphatic heterocycles. The van der Waals surface area contributed by atoms with E-state index in [1.165, 1.54) is 31.4 Å². The molecule has 1 fully saturated rings. The second-order valence-corrected chi connectivity index (χ2v) is 9.13. The number of nitrogens with one attached hydrogen (secondary N) is 2. The maximum absolute atomic E-state index is 13.5. The molecule has 2 atom stereocenters. The predicted octanol–water partition coefficient (Wildman–Crippen LogP) is 4.83. The molecule has 1 rings (SSSR count). The molecule has 2 N–H and O–H groups in total. The van der Waals surface area contributed by atoms with E-state index in [0.29, 0.717) is 0 Å². The fourth-order valence-electron chi connectivity index (χ4n) is 4.00. The first kappa shape index (κ1) is 29.1. The number of carbonyl (C=O) groups excluding carboxylic acids is 2. The summed E-state index contributed by atoms with van der Waals surface area (Å²) in [6, 6.07) is -1.38. The van der Waals surface area contributed by atoms with Gasteiger partial charge in [-0.05, 0) is 30.1 Å². The van der Waals surface area contributed by atoms with E-state index in [1.807, 2.05) is 0 Å². The van der Waals surface area contributed by atoms with Crippen LogP contribution < -0.4 is 10.6 Å². The zero-order valence-corrected chi connectivity index (χ0v) is 17.3. The van der Waals surface area contributed by atoms with Crippen LogP contribution in [0.25, 0.3) is 0 Å². The van der Waals surface area contributed by atoms with Gasteiger partial charge in [0.15, 0.2) is 0 Å². The van der Waals surface area contributed by atoms with E-state index in [-0.39, 0.29) is 12.8 Å². The van der Waals surface area contributed by atoms with Gasteiger partial charge in [-0.1, -0.05) is 20.8 Å². The SMILES string of the molecule is CC1(C)CC(NC(=O)C(F)(F)C(F)(F)F)CC(C)(CNC(=O)C(F)(F)C(F)(F)C(F)(F)F)C1. The van der Waals surface area contributed by atoms with Crippen LogP contribution in [0.1, 0.15) is 40.0 Å². The van der Waals surface area contributed by atoms with Gasteiger partial charge in [0.05, 0.1) is 0 Å². The van der Waals surface area contributed by atoms with E-state index in [4.69, 9.17) is 0 Å². The zero-order valence-electron chi connectivity index (χ0n) is 17.3. The second-order valence-electron chi connectivity index (χ2n) is 9.13. The number of halogens is 12. The molecule has 2 amide bonds. The molecule has 0 saturated heterocycles. The quantitative estimate of drug-likeness (QED) is 0.501. The Morgan fingerprint density at radius 2 is 1.24 bits per heavy atom. The molecule has 0 aromatic heterocycles. The number of alkyl halides is 12. The molecule has 0 heterocycles. The summed E-state index contributed by atoms with van der Waals surface area (Å²) in [7, 11) is 0. The van der Waals surface area contributed by atoms with Gasteiger partial charge < -0.3 is 10.6 Å². The molecule has 0 aromatic carbocycles. The maximum Gasteiger partial charge on any atom is 0.463 e. The van der Waals surface area contributed by atoms with Gasteiger partial charge in [0.2, 0.25) is 0 Å². The van der Waals surface area contributed by atoms with Gasteiger partial charge in [0, 0.05) is 12.6 Å². The molecule has 16 heteroatoms. The van der Waals surface area contributed by atoms with E-state index < -0.39 is 71.8 Å². The summed E-state index contributed by atoms with van der Waals surface area (Å²) in [4.78, 5) is 22.9. The summed E-state index contributed by atoms with van der Waals surface area (Å²) in [5.74, 6) is -24.3. The van der Waals surface area contributed by atoms with Crippen LogP contribution in [0.4, 0.5) is 52.7 Å². The van der Waals surface area contributed by atoms with Crippen molar-refractivity contribution < 1.29 is 62.3 Å². The number of hydrogen-bond acceptors (Lipinski definition) is 2. The molecular formula is C17H20F12N2O2. The average Bonchev–Trinajstić information content (AvgIpc) is 2.55. The third kappa shape index (κ3) is 5.97. The van der Waals surface area contributed by atoms with Gasteiger partial charge >= 0.3 is 36.0 Å². The Labute approximate surface area is 179 Å². The Hall–Kier alpha value is -1.90. The summed E-state index contributed by atoms with van der Waals surface area (Å²) in [6.45, 7) is 3.16. The third-order valence-electron chi connectivity index (χ3n) is 5.13. The van der Waals surface area contributed by atoms with Gasteiger partial charge in [-0.2, -0.15) is 52.7 Å². The first-order valence-corrected chi connectivity index (χ1v) is 9.15. The molecule has 1 aliphatic rings. The number of hydrogen-bond donors (Lipinski definition) is 2. The van der Waals surface area contributed by atoms with Crippen LogP contribution in [0, 0.1) is 10.8 Å². The Bertz CT molecular complexity index is 760. The van der Waals surface area contributed by atoms with Crippen molar-refractivity contribution in [2.75, 3.05) is 6.54 Å². The summed E-state index contributed by atoms with van der Waals surface area (Å²) >= 11 is 0. The summed E-state index contributed by atoms with van der Waals surface area (Å²) in [5.41, 5.74) is -2.39. The van der Waals surface area contributed by atoms with Crippen LogP contribution in [0.3, 0.4) is 0 Å². The number of amides is 2. The zero-order chi connectivity index (χ0) is 26.5. The van der Waals surface area contributed by atoms with Crippen LogP contribution in [0.15, 0.2) is 0 Å². The molecule has 1 aliphatic carbocycles. The van der Waals surface area contributed by atoms with E-state index in [0.717, 1.165) is 0 Å². The van der Waals surface area contributed by atoms with Crippen LogP contribution in [-0.4, -0.2) is 54.5 Å². The lowest BCUT2D eigenvalue weighted by atomic mass is 9.62. The molecular weight excluding hydrogens is 492 g/mol. The van der Waals surface area contributed by atoms with E-state index in [2.05, 4.69) is 0 Å². The van der Waals surface area contributed by atoms with E-state index in [1.54, 1.807) is 0 Å². The highest BCUT2D eigenvalue weighted by Gasteiger charge is 2.76. The minimum atomic E-state index is -6.75. The molecule has 0 bridgehead atoms. The Kier molecular flexibility index (Phi) is 7.41. The molecule has 194 valence electrons. The summed E-state index contributed by atoms with van der Waals surface area (Å²) in [6.07, 6.45) is -13.6. The van der Waals surface area contributed by atoms with Crippen molar-refractivity contribution in [3.05, 3.63) is 0 Å². The number of carbonyl (C=O) groups is 2. The highest BCUT2D eigenvalue weighted by Crippen LogP contribution is 2.48. The number of rotatable bonds is 6. The van der Waals surface area contributed by atoms with Crippen LogP contribution in [0.5, 0.6) is 0 Å². The molecule has 2 unspecified atom stereocenters. The Morgan fingerprint density at radius 3 is 1.67 bits per heavy atom. The molecule has 4 nitrogen and oxygen atoms in total. The lowest BCUT2D eigenvalue weighted by Crippen LogP contribution is -2.61. The van der Waals surface area contributed by atoms with Crippen molar-refractivity contribution in [3.63, 3.8) is 0 Å². The summed E-state index contributed by atoms with van der Waals surface area (Å²) in [5, 5.41) is 2.77. The largest absolute Gasteiger partial charge is 0.463 e. The van der Waals surface area contributed by atoms with Gasteiger partial charge in [-0.25, -0.2) is 0 Å². The molecule has 0 aromatic rings. The lowest BCUT2D eigenvalue weighted by molar-refractivity contribution is -0.344. The van der Waals surface area contributed by atoms with Gasteiger partial charge in [0.1, 0.15) is 0 Å². The first-order chi connectivity index (χ1) is 14.3. The second kappa shape index (κ2) is 8.40. The van der Waals surface area contributed by atoms with E-state index in [9.17, 15) is 62.3 Å². The van der Waals surface area contributed by atoms with Crippen molar-refractivity contribution in [3.8, 4) is 0 Å². The summed E-state index contributed by atoms with van der Waals surface area (Å²) < 4.78 is 153. The van der Waals surface area contributed by atoms with Crippen molar-refractivity contribution >= 4 is 11.8 Å². The third-order valence-corrected chi connectivity index (χ3v) is 5.13. The van der Waals surface area contributed by atoms with Gasteiger partial charge in [-0.15, -0.1) is 0 Å². The fraction of sp³-hybridized carbons (Fsp3) is 0.882. The van der Waals surface area contributed by atoms with Crippen molar-refractivity contribution in [2.24, 2.45) is 10.8 Å². The molecule has 0 spiro atoms.